The van der Waals surface area contributed by atoms with Crippen LogP contribution in [-0.4, -0.2) is 29.0 Å². The highest BCUT2D eigenvalue weighted by Crippen LogP contribution is 2.41. The lowest BCUT2D eigenvalue weighted by molar-refractivity contribution is -0.210. The Balaban J connectivity index is 3.52. The standard InChI is InChI=1S/C20H29NO7/c1-9-14(23)13-10-11-15(28-27-12(2)22)16(17(13)25-19(3,4)5)21-18(24)26-20(6,7)8/h10-11H,9H2,1-8H3,(H,21,24). The molecule has 1 N–H and O–H groups in total. The second kappa shape index (κ2) is 8.95. The molecule has 156 valence electrons. The number of ether oxygens (including phenoxy) is 2. The van der Waals surface area contributed by atoms with Crippen molar-refractivity contribution in [3.8, 4) is 11.5 Å². The van der Waals surface area contributed by atoms with Crippen molar-refractivity contribution in [3.63, 3.8) is 0 Å². The Bertz CT molecular complexity index is 742. The van der Waals surface area contributed by atoms with Crippen LogP contribution in [0, 0.1) is 0 Å². The number of carbonyl (C=O) groups is 3. The zero-order chi connectivity index (χ0) is 21.7. The van der Waals surface area contributed by atoms with E-state index < -0.39 is 23.3 Å². The molecule has 0 bridgehead atoms. The predicted octanol–water partition coefficient (Wildman–Crippen LogP) is 4.66. The molecule has 1 aromatic carbocycles. The highest BCUT2D eigenvalue weighted by atomic mass is 17.2. The molecule has 0 aliphatic rings. The number of nitrogens with one attached hydrogen (secondary N) is 1. The number of carbonyl (C=O) groups excluding carboxylic acids is 3. The van der Waals surface area contributed by atoms with E-state index in [-0.39, 0.29) is 35.0 Å². The lowest BCUT2D eigenvalue weighted by Crippen LogP contribution is -2.29. The van der Waals surface area contributed by atoms with Crippen LogP contribution in [0.5, 0.6) is 11.5 Å². The molecule has 0 aliphatic carbocycles. The number of benzene rings is 1. The second-order valence-corrected chi connectivity index (χ2v) is 8.09. The van der Waals surface area contributed by atoms with Crippen molar-refractivity contribution >= 4 is 23.5 Å². The van der Waals surface area contributed by atoms with Crippen LogP contribution in [0.25, 0.3) is 0 Å². The maximum atomic E-state index is 12.4. The number of hydrogen-bond donors (Lipinski definition) is 1. The van der Waals surface area contributed by atoms with Gasteiger partial charge in [0.15, 0.2) is 11.5 Å². The summed E-state index contributed by atoms with van der Waals surface area (Å²) < 4.78 is 11.2. The lowest BCUT2D eigenvalue weighted by Gasteiger charge is -2.26. The fraction of sp³-hybridized carbons (Fsp3) is 0.550. The molecule has 0 aromatic heterocycles. The first-order valence-electron chi connectivity index (χ1n) is 8.98. The first-order valence-corrected chi connectivity index (χ1v) is 8.98. The molecule has 8 heteroatoms. The molecular formula is C20H29NO7. The first kappa shape index (κ1) is 23.3. The van der Waals surface area contributed by atoms with Gasteiger partial charge in [-0.05, 0) is 53.7 Å². The van der Waals surface area contributed by atoms with Crippen LogP contribution in [0.1, 0.15) is 72.2 Å². The maximum absolute atomic E-state index is 12.4. The van der Waals surface area contributed by atoms with Crippen LogP contribution in [0.15, 0.2) is 12.1 Å². The predicted molar refractivity (Wildman–Crippen MR) is 104 cm³/mol. The lowest BCUT2D eigenvalue weighted by atomic mass is 10.0. The Morgan fingerprint density at radius 1 is 1.00 bits per heavy atom. The van der Waals surface area contributed by atoms with Gasteiger partial charge in [-0.15, -0.1) is 0 Å². The summed E-state index contributed by atoms with van der Waals surface area (Å²) in [5, 5.41) is 2.55. The van der Waals surface area contributed by atoms with Crippen molar-refractivity contribution in [2.24, 2.45) is 0 Å². The molecule has 1 rings (SSSR count). The summed E-state index contributed by atoms with van der Waals surface area (Å²) in [4.78, 5) is 45.5. The molecule has 0 radical (unpaired) electrons. The molecule has 0 spiro atoms. The summed E-state index contributed by atoms with van der Waals surface area (Å²) in [5.74, 6) is -0.774. The van der Waals surface area contributed by atoms with E-state index in [0.717, 1.165) is 0 Å². The maximum Gasteiger partial charge on any atom is 0.412 e. The zero-order valence-corrected chi connectivity index (χ0v) is 17.7. The fourth-order valence-corrected chi connectivity index (χ4v) is 2.08. The Labute approximate surface area is 165 Å². The Morgan fingerprint density at radius 3 is 2.07 bits per heavy atom. The molecule has 0 unspecified atom stereocenters. The third-order valence-corrected chi connectivity index (χ3v) is 3.02. The minimum Gasteiger partial charge on any atom is -0.485 e. The van der Waals surface area contributed by atoms with Crippen molar-refractivity contribution < 1.29 is 33.6 Å². The molecule has 0 heterocycles. The van der Waals surface area contributed by atoms with Crippen LogP contribution in [0.3, 0.4) is 0 Å². The molecule has 0 saturated carbocycles. The van der Waals surface area contributed by atoms with Gasteiger partial charge in [0, 0.05) is 13.3 Å². The molecule has 8 nitrogen and oxygen atoms in total. The number of ketones is 1. The van der Waals surface area contributed by atoms with Gasteiger partial charge < -0.3 is 9.47 Å². The van der Waals surface area contributed by atoms with E-state index in [0.29, 0.717) is 0 Å². The number of amides is 1. The minimum atomic E-state index is -0.778. The molecule has 1 amide bonds. The van der Waals surface area contributed by atoms with Crippen molar-refractivity contribution in [3.05, 3.63) is 17.7 Å². The van der Waals surface area contributed by atoms with Crippen LogP contribution in [-0.2, 0) is 14.4 Å². The van der Waals surface area contributed by atoms with Crippen LogP contribution in [0.2, 0.25) is 0 Å². The van der Waals surface area contributed by atoms with Gasteiger partial charge in [0.1, 0.15) is 16.9 Å². The minimum absolute atomic E-state index is 0.00652. The quantitative estimate of drug-likeness (QED) is 0.425. The van der Waals surface area contributed by atoms with Gasteiger partial charge in [0.2, 0.25) is 5.75 Å². The second-order valence-electron chi connectivity index (χ2n) is 8.09. The molecular weight excluding hydrogens is 366 g/mol. The number of hydrogen-bond acceptors (Lipinski definition) is 7. The van der Waals surface area contributed by atoms with Crippen molar-refractivity contribution in [2.75, 3.05) is 5.32 Å². The van der Waals surface area contributed by atoms with Crippen LogP contribution in [0.4, 0.5) is 10.5 Å². The van der Waals surface area contributed by atoms with Gasteiger partial charge in [0.05, 0.1) is 5.56 Å². The molecule has 0 saturated heterocycles. The van der Waals surface area contributed by atoms with Gasteiger partial charge >= 0.3 is 12.1 Å². The largest absolute Gasteiger partial charge is 0.485 e. The third-order valence-electron chi connectivity index (χ3n) is 3.02. The van der Waals surface area contributed by atoms with E-state index in [1.165, 1.54) is 19.1 Å². The fourth-order valence-electron chi connectivity index (χ4n) is 2.08. The highest BCUT2D eigenvalue weighted by molar-refractivity contribution is 6.02. The van der Waals surface area contributed by atoms with E-state index >= 15 is 0 Å². The van der Waals surface area contributed by atoms with Gasteiger partial charge in [-0.1, -0.05) is 6.92 Å². The summed E-state index contributed by atoms with van der Waals surface area (Å²) in [6.07, 6.45) is -0.545. The topological polar surface area (TPSA) is 100 Å². The van der Waals surface area contributed by atoms with Crippen molar-refractivity contribution in [2.45, 2.75) is 73.0 Å². The Kier molecular flexibility index (Phi) is 7.43. The Morgan fingerprint density at radius 2 is 1.61 bits per heavy atom. The zero-order valence-electron chi connectivity index (χ0n) is 17.7. The monoisotopic (exact) mass is 395 g/mol. The summed E-state index contributed by atoms with van der Waals surface area (Å²) in [5.41, 5.74) is -1.14. The molecule has 1 aromatic rings. The van der Waals surface area contributed by atoms with E-state index in [4.69, 9.17) is 14.4 Å². The van der Waals surface area contributed by atoms with Crippen molar-refractivity contribution in [1.29, 1.82) is 0 Å². The van der Waals surface area contributed by atoms with E-state index in [1.807, 2.05) is 0 Å². The highest BCUT2D eigenvalue weighted by Gasteiger charge is 2.27. The van der Waals surface area contributed by atoms with Crippen LogP contribution < -0.4 is 14.9 Å². The van der Waals surface area contributed by atoms with E-state index in [2.05, 4.69) is 10.2 Å². The Hall–Kier alpha value is -2.77. The molecule has 28 heavy (non-hydrogen) atoms. The van der Waals surface area contributed by atoms with Gasteiger partial charge in [0.25, 0.3) is 0 Å². The van der Waals surface area contributed by atoms with Gasteiger partial charge in [-0.25, -0.2) is 9.59 Å². The van der Waals surface area contributed by atoms with Gasteiger partial charge in [-0.3, -0.25) is 19.9 Å². The summed E-state index contributed by atoms with van der Waals surface area (Å²) >= 11 is 0. The van der Waals surface area contributed by atoms with Crippen LogP contribution >= 0.6 is 0 Å². The van der Waals surface area contributed by atoms with Gasteiger partial charge in [-0.2, -0.15) is 0 Å². The molecule has 0 aliphatic heterocycles. The molecule has 0 atom stereocenters. The van der Waals surface area contributed by atoms with Crippen molar-refractivity contribution in [1.82, 2.24) is 0 Å². The average Bonchev–Trinajstić information content (AvgIpc) is 2.51. The summed E-state index contributed by atoms with van der Waals surface area (Å²) in [6, 6.07) is 2.90. The number of anilines is 1. The van der Waals surface area contributed by atoms with E-state index in [1.54, 1.807) is 48.5 Å². The normalized spacial score (nSPS) is 11.4. The SMILES string of the molecule is CCC(=O)c1ccc(OOC(C)=O)c(NC(=O)OC(C)(C)C)c1OC(C)(C)C. The smallest absolute Gasteiger partial charge is 0.412 e. The average molecular weight is 395 g/mol. The summed E-state index contributed by atoms with van der Waals surface area (Å²) in [7, 11) is 0. The number of rotatable bonds is 6. The van der Waals surface area contributed by atoms with E-state index in [9.17, 15) is 14.4 Å². The summed E-state index contributed by atoms with van der Waals surface area (Å²) in [6.45, 7) is 13.4. The third kappa shape index (κ3) is 7.46. The number of Topliss-reactive ketones (excluding diaryl/α,β-unsaturated/α-hetero) is 1. The first-order chi connectivity index (χ1) is 12.7. The molecule has 0 fully saturated rings.